The SMILES string of the molecule is CCNC(=NCCCNS(C)(=O)=O)NC1CN(C(=O)OC(C)(C)C)C1. The van der Waals surface area contributed by atoms with Gasteiger partial charge in [0.15, 0.2) is 5.96 Å². The Balaban J connectivity index is 2.34. The first-order valence-corrected chi connectivity index (χ1v) is 10.4. The van der Waals surface area contributed by atoms with Crippen molar-refractivity contribution >= 4 is 22.1 Å². The van der Waals surface area contributed by atoms with Crippen LogP contribution >= 0.6 is 0 Å². The lowest BCUT2D eigenvalue weighted by atomic mass is 10.1. The number of rotatable bonds is 7. The Labute approximate surface area is 150 Å². The highest BCUT2D eigenvalue weighted by Crippen LogP contribution is 2.15. The molecule has 0 spiro atoms. The molecule has 1 fully saturated rings. The van der Waals surface area contributed by atoms with Crippen molar-refractivity contribution in [2.45, 2.75) is 45.8 Å². The van der Waals surface area contributed by atoms with Gasteiger partial charge in [-0.3, -0.25) is 4.99 Å². The van der Waals surface area contributed by atoms with Crippen LogP contribution in [0.5, 0.6) is 0 Å². The number of amides is 1. The Morgan fingerprint density at radius 1 is 1.32 bits per heavy atom. The van der Waals surface area contributed by atoms with Crippen molar-refractivity contribution in [2.75, 3.05) is 39.0 Å². The second-order valence-corrected chi connectivity index (χ2v) is 8.84. The molecule has 1 heterocycles. The van der Waals surface area contributed by atoms with Crippen LogP contribution in [0.4, 0.5) is 4.79 Å². The van der Waals surface area contributed by atoms with E-state index in [4.69, 9.17) is 4.74 Å². The molecule has 25 heavy (non-hydrogen) atoms. The van der Waals surface area contributed by atoms with Gasteiger partial charge in [-0.15, -0.1) is 0 Å². The van der Waals surface area contributed by atoms with Crippen LogP contribution in [0.2, 0.25) is 0 Å². The van der Waals surface area contributed by atoms with Gasteiger partial charge in [0.1, 0.15) is 5.60 Å². The quantitative estimate of drug-likeness (QED) is 0.330. The van der Waals surface area contributed by atoms with Crippen LogP contribution < -0.4 is 15.4 Å². The number of hydrogen-bond donors (Lipinski definition) is 3. The highest BCUT2D eigenvalue weighted by atomic mass is 32.2. The average Bonchev–Trinajstić information content (AvgIpc) is 2.38. The number of nitrogens with zero attached hydrogens (tertiary/aromatic N) is 2. The Morgan fingerprint density at radius 3 is 2.48 bits per heavy atom. The van der Waals surface area contributed by atoms with E-state index in [0.29, 0.717) is 38.6 Å². The van der Waals surface area contributed by atoms with E-state index in [0.717, 1.165) is 12.8 Å². The Hall–Kier alpha value is -1.55. The van der Waals surface area contributed by atoms with Gasteiger partial charge in [0.05, 0.1) is 12.3 Å². The maximum absolute atomic E-state index is 11.9. The molecule has 1 aliphatic heterocycles. The minimum atomic E-state index is -3.16. The third-order valence-corrected chi connectivity index (χ3v) is 3.92. The second-order valence-electron chi connectivity index (χ2n) is 7.01. The van der Waals surface area contributed by atoms with Gasteiger partial charge in [-0.05, 0) is 34.1 Å². The van der Waals surface area contributed by atoms with Gasteiger partial charge in [0, 0.05) is 32.7 Å². The standard InChI is InChI=1S/C15H31N5O4S/c1-6-16-13(17-8-7-9-18-25(5,22)23)19-12-10-20(11-12)14(21)24-15(2,3)4/h12,18H,6-11H2,1-5H3,(H2,16,17,19). The van der Waals surface area contributed by atoms with Gasteiger partial charge in [-0.1, -0.05) is 0 Å². The molecule has 1 rings (SSSR count). The Morgan fingerprint density at radius 2 is 1.96 bits per heavy atom. The van der Waals surface area contributed by atoms with Gasteiger partial charge < -0.3 is 20.3 Å². The van der Waals surface area contributed by atoms with Gasteiger partial charge in [-0.2, -0.15) is 0 Å². The molecule has 0 aromatic heterocycles. The summed E-state index contributed by atoms with van der Waals surface area (Å²) in [4.78, 5) is 17.9. The summed E-state index contributed by atoms with van der Waals surface area (Å²) >= 11 is 0. The van der Waals surface area contributed by atoms with Crippen molar-refractivity contribution in [1.82, 2.24) is 20.3 Å². The van der Waals surface area contributed by atoms with Crippen LogP contribution in [0.25, 0.3) is 0 Å². The fourth-order valence-corrected chi connectivity index (χ4v) is 2.60. The summed E-state index contributed by atoms with van der Waals surface area (Å²) in [6.45, 7) is 10.2. The topological polar surface area (TPSA) is 112 Å². The average molecular weight is 378 g/mol. The lowest BCUT2D eigenvalue weighted by Gasteiger charge is -2.40. The van der Waals surface area contributed by atoms with Crippen LogP contribution in [0.1, 0.15) is 34.1 Å². The molecule has 10 heteroatoms. The molecule has 0 radical (unpaired) electrons. The minimum absolute atomic E-state index is 0.125. The summed E-state index contributed by atoms with van der Waals surface area (Å²) < 4.78 is 29.7. The minimum Gasteiger partial charge on any atom is -0.444 e. The molecule has 0 aromatic carbocycles. The van der Waals surface area contributed by atoms with Crippen molar-refractivity contribution in [3.63, 3.8) is 0 Å². The van der Waals surface area contributed by atoms with E-state index < -0.39 is 15.6 Å². The number of sulfonamides is 1. The molecular formula is C15H31N5O4S. The zero-order valence-corrected chi connectivity index (χ0v) is 16.6. The fraction of sp³-hybridized carbons (Fsp3) is 0.867. The van der Waals surface area contributed by atoms with Crippen molar-refractivity contribution in [3.8, 4) is 0 Å². The van der Waals surface area contributed by atoms with E-state index in [9.17, 15) is 13.2 Å². The number of hydrogen-bond acceptors (Lipinski definition) is 5. The molecule has 9 nitrogen and oxygen atoms in total. The first-order chi connectivity index (χ1) is 11.5. The largest absolute Gasteiger partial charge is 0.444 e. The van der Waals surface area contributed by atoms with Crippen LogP contribution in [0.3, 0.4) is 0 Å². The van der Waals surface area contributed by atoms with Crippen molar-refractivity contribution < 1.29 is 17.9 Å². The number of aliphatic imine (C=N–C) groups is 1. The predicted octanol–water partition coefficient (Wildman–Crippen LogP) is 0.100. The van der Waals surface area contributed by atoms with Gasteiger partial charge in [0.25, 0.3) is 0 Å². The van der Waals surface area contributed by atoms with Crippen molar-refractivity contribution in [3.05, 3.63) is 0 Å². The second kappa shape index (κ2) is 9.23. The van der Waals surface area contributed by atoms with Gasteiger partial charge >= 0.3 is 6.09 Å². The molecule has 1 amide bonds. The van der Waals surface area contributed by atoms with Crippen LogP contribution in [0, 0.1) is 0 Å². The van der Waals surface area contributed by atoms with E-state index in [-0.39, 0.29) is 12.1 Å². The lowest BCUT2D eigenvalue weighted by molar-refractivity contribution is 0.00700. The number of ether oxygens (including phenoxy) is 1. The molecule has 0 unspecified atom stereocenters. The van der Waals surface area contributed by atoms with Gasteiger partial charge in [0.2, 0.25) is 10.0 Å². The predicted molar refractivity (Wildman–Crippen MR) is 98.2 cm³/mol. The molecule has 0 aromatic rings. The number of carbonyl (C=O) groups excluding carboxylic acids is 1. The smallest absolute Gasteiger partial charge is 0.410 e. The number of carbonyl (C=O) groups is 1. The highest BCUT2D eigenvalue weighted by Gasteiger charge is 2.34. The van der Waals surface area contributed by atoms with E-state index in [1.165, 1.54) is 0 Å². The lowest BCUT2D eigenvalue weighted by Crippen LogP contribution is -2.63. The summed E-state index contributed by atoms with van der Waals surface area (Å²) in [7, 11) is -3.16. The maximum Gasteiger partial charge on any atom is 0.410 e. The maximum atomic E-state index is 11.9. The Bertz CT molecular complexity index is 565. The van der Waals surface area contributed by atoms with Crippen molar-refractivity contribution in [2.24, 2.45) is 4.99 Å². The molecule has 1 saturated heterocycles. The molecule has 1 aliphatic rings. The Kier molecular flexibility index (Phi) is 7.94. The molecule has 0 saturated carbocycles. The summed E-state index contributed by atoms with van der Waals surface area (Å²) in [5.41, 5.74) is -0.494. The van der Waals surface area contributed by atoms with E-state index in [1.807, 2.05) is 27.7 Å². The monoisotopic (exact) mass is 377 g/mol. The van der Waals surface area contributed by atoms with E-state index >= 15 is 0 Å². The third-order valence-electron chi connectivity index (χ3n) is 3.19. The van der Waals surface area contributed by atoms with Gasteiger partial charge in [-0.25, -0.2) is 17.9 Å². The van der Waals surface area contributed by atoms with Crippen molar-refractivity contribution in [1.29, 1.82) is 0 Å². The first-order valence-electron chi connectivity index (χ1n) is 8.47. The summed E-state index contributed by atoms with van der Waals surface area (Å²) in [5.74, 6) is 0.663. The van der Waals surface area contributed by atoms with E-state index in [1.54, 1.807) is 4.90 Å². The molecular weight excluding hydrogens is 346 g/mol. The number of nitrogens with one attached hydrogen (secondary N) is 3. The third kappa shape index (κ3) is 9.49. The first kappa shape index (κ1) is 21.5. The highest BCUT2D eigenvalue weighted by molar-refractivity contribution is 7.88. The van der Waals surface area contributed by atoms with E-state index in [2.05, 4.69) is 20.3 Å². The number of likely N-dealkylation sites (tertiary alicyclic amines) is 1. The van der Waals surface area contributed by atoms with Crippen LogP contribution in [-0.4, -0.2) is 76.0 Å². The molecule has 0 atom stereocenters. The zero-order chi connectivity index (χ0) is 19.1. The zero-order valence-electron chi connectivity index (χ0n) is 15.8. The number of guanidine groups is 1. The summed E-state index contributed by atoms with van der Waals surface area (Å²) in [6.07, 6.45) is 1.44. The van der Waals surface area contributed by atoms with Crippen LogP contribution in [-0.2, 0) is 14.8 Å². The molecule has 146 valence electrons. The van der Waals surface area contributed by atoms with Crippen LogP contribution in [0.15, 0.2) is 4.99 Å². The molecule has 3 N–H and O–H groups in total. The summed E-state index contributed by atoms with van der Waals surface area (Å²) in [5, 5.41) is 6.40. The molecule has 0 bridgehead atoms. The summed E-state index contributed by atoms with van der Waals surface area (Å²) in [6, 6.07) is 0.125. The fourth-order valence-electron chi connectivity index (χ4n) is 2.09. The molecule has 0 aliphatic carbocycles. The normalized spacial score (nSPS) is 16.4.